The molecule has 2 aromatic heterocycles. The van der Waals surface area contributed by atoms with Crippen molar-refractivity contribution in [1.29, 1.82) is 0 Å². The van der Waals surface area contributed by atoms with Crippen LogP contribution in [0.2, 0.25) is 0 Å². The van der Waals surface area contributed by atoms with Crippen LogP contribution in [0.1, 0.15) is 24.5 Å². The molecule has 2 aliphatic rings. The first-order valence-corrected chi connectivity index (χ1v) is 12.6. The number of nitrogens with zero attached hydrogens (tertiary/aromatic N) is 5. The highest BCUT2D eigenvalue weighted by Gasteiger charge is 2.33. The first kappa shape index (κ1) is 25.6. The standard InChI is InChI=1S/C23H25N5O6S2/c1-3-34-22(33)26-10-8-25(9-11-26)19-15(20(31)28-13-14(2)4-5-17(28)24-19)12-16-21(32)27(23(35)36-16)7-6-18(29)30/h4-5,12-13H,3,6-11H2,1-2H3,(H,29,30)/b16-12+. The number of thiocarbonyl (C=S) groups is 1. The number of pyridine rings is 1. The molecule has 4 rings (SSSR count). The number of carbonyl (C=O) groups is 3. The van der Waals surface area contributed by atoms with E-state index in [9.17, 15) is 19.2 Å². The lowest BCUT2D eigenvalue weighted by molar-refractivity contribution is -0.137. The monoisotopic (exact) mass is 531 g/mol. The number of ether oxygens (including phenoxy) is 1. The van der Waals surface area contributed by atoms with Gasteiger partial charge in [0.15, 0.2) is 0 Å². The molecule has 36 heavy (non-hydrogen) atoms. The van der Waals surface area contributed by atoms with Gasteiger partial charge in [0.05, 0.1) is 23.5 Å². The minimum absolute atomic E-state index is 0.0475. The number of anilines is 1. The molecule has 2 aromatic rings. The largest absolute Gasteiger partial charge is 0.481 e. The van der Waals surface area contributed by atoms with Crippen molar-refractivity contribution in [1.82, 2.24) is 19.2 Å². The Bertz CT molecular complexity index is 1330. The van der Waals surface area contributed by atoms with Gasteiger partial charge in [0.25, 0.3) is 11.5 Å². The number of aromatic nitrogens is 2. The van der Waals surface area contributed by atoms with Crippen LogP contribution >= 0.6 is 24.0 Å². The summed E-state index contributed by atoms with van der Waals surface area (Å²) in [5.41, 5.74) is 1.21. The normalized spacial score (nSPS) is 17.4. The highest BCUT2D eigenvalue weighted by atomic mass is 32.2. The SMILES string of the molecule is CCOC(=O)N1CCN(c2nc3ccc(C)cn3c(=O)c2/C=C2/SC(=S)N(CCC(=O)O)C2=O)CC1. The van der Waals surface area contributed by atoms with Gasteiger partial charge in [-0.05, 0) is 31.6 Å². The smallest absolute Gasteiger partial charge is 0.409 e. The number of rotatable bonds is 6. The van der Waals surface area contributed by atoms with Gasteiger partial charge in [-0.2, -0.15) is 0 Å². The Kier molecular flexibility index (Phi) is 7.59. The number of fused-ring (bicyclic) bond motifs is 1. The molecule has 0 bridgehead atoms. The fraction of sp³-hybridized carbons (Fsp3) is 0.391. The molecule has 0 radical (unpaired) electrons. The minimum atomic E-state index is -1.04. The number of piperazine rings is 1. The zero-order valence-electron chi connectivity index (χ0n) is 19.8. The Morgan fingerprint density at radius 2 is 1.94 bits per heavy atom. The minimum Gasteiger partial charge on any atom is -0.481 e. The molecule has 2 aliphatic heterocycles. The molecule has 4 heterocycles. The van der Waals surface area contributed by atoms with E-state index in [0.717, 1.165) is 17.3 Å². The molecule has 0 aliphatic carbocycles. The van der Waals surface area contributed by atoms with Crippen molar-refractivity contribution in [2.24, 2.45) is 0 Å². The zero-order chi connectivity index (χ0) is 26.0. The van der Waals surface area contributed by atoms with E-state index in [1.165, 1.54) is 15.4 Å². The second-order valence-corrected chi connectivity index (χ2v) is 9.91. The van der Waals surface area contributed by atoms with Crippen LogP contribution < -0.4 is 10.5 Å². The van der Waals surface area contributed by atoms with Crippen LogP contribution in [-0.4, -0.2) is 85.9 Å². The summed E-state index contributed by atoms with van der Waals surface area (Å²) in [7, 11) is 0. The number of carbonyl (C=O) groups excluding carboxylic acids is 2. The van der Waals surface area contributed by atoms with E-state index < -0.39 is 11.9 Å². The van der Waals surface area contributed by atoms with Crippen molar-refractivity contribution in [3.05, 3.63) is 44.7 Å². The van der Waals surface area contributed by atoms with Crippen molar-refractivity contribution in [3.63, 3.8) is 0 Å². The number of carboxylic acids is 1. The molecule has 190 valence electrons. The van der Waals surface area contributed by atoms with Gasteiger partial charge < -0.3 is 19.6 Å². The average molecular weight is 532 g/mol. The first-order chi connectivity index (χ1) is 17.2. The molecule has 0 atom stereocenters. The molecule has 13 heteroatoms. The highest BCUT2D eigenvalue weighted by Crippen LogP contribution is 2.33. The predicted molar refractivity (Wildman–Crippen MR) is 139 cm³/mol. The molecular weight excluding hydrogens is 506 g/mol. The molecule has 1 N–H and O–H groups in total. The van der Waals surface area contributed by atoms with Crippen LogP contribution in [0.5, 0.6) is 0 Å². The molecule has 2 fully saturated rings. The molecule has 0 unspecified atom stereocenters. The van der Waals surface area contributed by atoms with Crippen molar-refractivity contribution < 1.29 is 24.2 Å². The van der Waals surface area contributed by atoms with E-state index in [-0.39, 0.29) is 46.0 Å². The van der Waals surface area contributed by atoms with E-state index >= 15 is 0 Å². The van der Waals surface area contributed by atoms with Crippen LogP contribution in [0.25, 0.3) is 11.7 Å². The Morgan fingerprint density at radius 1 is 1.22 bits per heavy atom. The topological polar surface area (TPSA) is 125 Å². The Hall–Kier alpha value is -3.45. The fourth-order valence-electron chi connectivity index (χ4n) is 3.96. The number of aliphatic carboxylic acids is 1. The van der Waals surface area contributed by atoms with Gasteiger partial charge in [-0.1, -0.05) is 30.0 Å². The predicted octanol–water partition coefficient (Wildman–Crippen LogP) is 1.96. The van der Waals surface area contributed by atoms with Crippen LogP contribution in [0.3, 0.4) is 0 Å². The maximum absolute atomic E-state index is 13.6. The zero-order valence-corrected chi connectivity index (χ0v) is 21.4. The lowest BCUT2D eigenvalue weighted by Crippen LogP contribution is -2.49. The molecule has 2 saturated heterocycles. The Labute approximate surface area is 216 Å². The summed E-state index contributed by atoms with van der Waals surface area (Å²) in [5.74, 6) is -1.08. The van der Waals surface area contributed by atoms with Crippen molar-refractivity contribution in [2.45, 2.75) is 20.3 Å². The van der Waals surface area contributed by atoms with Gasteiger partial charge in [-0.3, -0.25) is 23.7 Å². The summed E-state index contributed by atoms with van der Waals surface area (Å²) in [5, 5.41) is 8.98. The van der Waals surface area contributed by atoms with Gasteiger partial charge in [0.2, 0.25) is 0 Å². The third-order valence-corrected chi connectivity index (χ3v) is 7.17. The van der Waals surface area contributed by atoms with Crippen LogP contribution in [0, 0.1) is 6.92 Å². The Balaban J connectivity index is 1.72. The summed E-state index contributed by atoms with van der Waals surface area (Å²) in [6, 6.07) is 3.61. The third-order valence-electron chi connectivity index (χ3n) is 5.79. The highest BCUT2D eigenvalue weighted by molar-refractivity contribution is 8.26. The molecule has 0 saturated carbocycles. The number of aryl methyl sites for hydroxylation is 1. The average Bonchev–Trinajstić information content (AvgIpc) is 3.12. The van der Waals surface area contributed by atoms with Gasteiger partial charge in [-0.25, -0.2) is 9.78 Å². The van der Waals surface area contributed by atoms with Crippen LogP contribution in [-0.2, 0) is 14.3 Å². The first-order valence-electron chi connectivity index (χ1n) is 11.4. The molecule has 0 spiro atoms. The number of hydrogen-bond donors (Lipinski definition) is 1. The molecular formula is C23H25N5O6S2. The maximum Gasteiger partial charge on any atom is 0.409 e. The van der Waals surface area contributed by atoms with E-state index in [1.54, 1.807) is 24.1 Å². The van der Waals surface area contributed by atoms with Crippen molar-refractivity contribution in [2.75, 3.05) is 44.2 Å². The van der Waals surface area contributed by atoms with Gasteiger partial charge in [0.1, 0.15) is 15.8 Å². The maximum atomic E-state index is 13.6. The molecule has 11 nitrogen and oxygen atoms in total. The Morgan fingerprint density at radius 3 is 2.61 bits per heavy atom. The van der Waals surface area contributed by atoms with Crippen LogP contribution in [0.15, 0.2) is 28.0 Å². The summed E-state index contributed by atoms with van der Waals surface area (Å²) in [6.45, 7) is 5.49. The van der Waals surface area contributed by atoms with Crippen molar-refractivity contribution in [3.8, 4) is 0 Å². The summed E-state index contributed by atoms with van der Waals surface area (Å²) < 4.78 is 6.76. The second kappa shape index (κ2) is 10.7. The summed E-state index contributed by atoms with van der Waals surface area (Å²) in [4.78, 5) is 59.4. The summed E-state index contributed by atoms with van der Waals surface area (Å²) >= 11 is 6.30. The molecule has 2 amide bonds. The van der Waals surface area contributed by atoms with Gasteiger partial charge in [0, 0.05) is 38.9 Å². The van der Waals surface area contributed by atoms with Gasteiger partial charge in [-0.15, -0.1) is 0 Å². The number of carboxylic acid groups (broad SMARTS) is 1. The molecule has 0 aromatic carbocycles. The number of amides is 2. The van der Waals surface area contributed by atoms with E-state index in [0.29, 0.717) is 37.6 Å². The lowest BCUT2D eigenvalue weighted by atomic mass is 10.2. The van der Waals surface area contributed by atoms with Crippen molar-refractivity contribution >= 4 is 63.8 Å². The van der Waals surface area contributed by atoms with Gasteiger partial charge >= 0.3 is 12.1 Å². The number of hydrogen-bond acceptors (Lipinski definition) is 9. The second-order valence-electron chi connectivity index (χ2n) is 8.24. The van der Waals surface area contributed by atoms with Crippen LogP contribution in [0.4, 0.5) is 10.6 Å². The van der Waals surface area contributed by atoms with E-state index in [1.807, 2.05) is 17.9 Å². The number of thioether (sulfide) groups is 1. The van der Waals surface area contributed by atoms with E-state index in [2.05, 4.69) is 0 Å². The quantitative estimate of drug-likeness (QED) is 0.437. The summed E-state index contributed by atoms with van der Waals surface area (Å²) in [6.07, 6.45) is 2.54. The third kappa shape index (κ3) is 5.21. The van der Waals surface area contributed by atoms with E-state index in [4.69, 9.17) is 27.0 Å². The fourth-order valence-corrected chi connectivity index (χ4v) is 5.25. The lowest BCUT2D eigenvalue weighted by Gasteiger charge is -2.35.